The van der Waals surface area contributed by atoms with E-state index >= 15 is 0 Å². The average Bonchev–Trinajstić information content (AvgIpc) is 2.91. The van der Waals surface area contributed by atoms with E-state index in [9.17, 15) is 45.6 Å². The maximum absolute atomic E-state index is 12.1. The third-order valence-electron chi connectivity index (χ3n) is 7.06. The molecule has 234 valence electrons. The largest absolute Gasteiger partial charge is 0.394 e. The van der Waals surface area contributed by atoms with Crippen LogP contribution >= 0.6 is 0 Å². The van der Waals surface area contributed by atoms with Crippen LogP contribution < -0.4 is 5.32 Å². The predicted octanol–water partition coefficient (Wildman–Crippen LogP) is -6.00. The number of rotatable bonds is 10. The molecule has 0 aromatic rings. The highest BCUT2D eigenvalue weighted by Crippen LogP contribution is 2.32. The van der Waals surface area contributed by atoms with Crippen molar-refractivity contribution in [3.05, 3.63) is 0 Å². The number of carbonyl (C=O) groups excluding carboxylic acids is 1. The van der Waals surface area contributed by atoms with Crippen LogP contribution in [-0.2, 0) is 33.2 Å². The summed E-state index contributed by atoms with van der Waals surface area (Å²) in [6.07, 6.45) is -21.9. The first-order chi connectivity index (χ1) is 18.8. The van der Waals surface area contributed by atoms with Gasteiger partial charge in [-0.1, -0.05) is 0 Å². The summed E-state index contributed by atoms with van der Waals surface area (Å²) in [4.78, 5) is 12.1. The van der Waals surface area contributed by atoms with Crippen molar-refractivity contribution < 1.29 is 79.2 Å². The van der Waals surface area contributed by atoms with Gasteiger partial charge in [0.05, 0.1) is 32.0 Å². The monoisotopic (exact) mass is 587 g/mol. The Morgan fingerprint density at radius 3 is 1.98 bits per heavy atom. The van der Waals surface area contributed by atoms with E-state index in [1.165, 1.54) is 13.8 Å². The van der Waals surface area contributed by atoms with Crippen LogP contribution in [-0.4, -0.2) is 170 Å². The van der Waals surface area contributed by atoms with E-state index in [0.717, 1.165) is 6.92 Å². The molecule has 3 heterocycles. The fourth-order valence-electron chi connectivity index (χ4n) is 4.72. The van der Waals surface area contributed by atoms with Crippen molar-refractivity contribution in [2.45, 2.75) is 119 Å². The van der Waals surface area contributed by atoms with Gasteiger partial charge in [0.2, 0.25) is 5.91 Å². The maximum Gasteiger partial charge on any atom is 0.217 e. The Morgan fingerprint density at radius 2 is 1.38 bits per heavy atom. The van der Waals surface area contributed by atoms with Gasteiger partial charge < -0.3 is 79.7 Å². The molecular weight excluding hydrogens is 546 g/mol. The van der Waals surface area contributed by atoms with Crippen LogP contribution in [0.1, 0.15) is 20.8 Å². The number of nitrogens with one attached hydrogen (secondary N) is 1. The van der Waals surface area contributed by atoms with Gasteiger partial charge in [-0.15, -0.1) is 0 Å². The van der Waals surface area contributed by atoms with E-state index in [1.54, 1.807) is 0 Å². The number of ether oxygens (including phenoxy) is 6. The number of hydrogen-bond acceptors (Lipinski definition) is 16. The third kappa shape index (κ3) is 7.44. The molecule has 16 atom stereocenters. The number of carbonyl (C=O) groups is 1. The highest BCUT2D eigenvalue weighted by atomic mass is 16.7. The van der Waals surface area contributed by atoms with Crippen LogP contribution in [0.25, 0.3) is 0 Å². The van der Waals surface area contributed by atoms with Crippen LogP contribution in [0.5, 0.6) is 0 Å². The van der Waals surface area contributed by atoms with Crippen LogP contribution in [0, 0.1) is 0 Å². The smallest absolute Gasteiger partial charge is 0.217 e. The molecule has 3 rings (SSSR count). The molecule has 3 aliphatic heterocycles. The highest BCUT2D eigenvalue weighted by molar-refractivity contribution is 5.73. The topological polar surface area (TPSA) is 267 Å². The molecule has 0 radical (unpaired) electrons. The van der Waals surface area contributed by atoms with Crippen LogP contribution in [0.2, 0.25) is 0 Å². The maximum atomic E-state index is 12.1. The summed E-state index contributed by atoms with van der Waals surface area (Å²) in [6, 6.07) is -1.39. The van der Waals surface area contributed by atoms with E-state index in [1.807, 2.05) is 0 Å². The second-order valence-corrected chi connectivity index (χ2v) is 10.2. The van der Waals surface area contributed by atoms with Gasteiger partial charge in [0.1, 0.15) is 67.1 Å². The van der Waals surface area contributed by atoms with E-state index in [-0.39, 0.29) is 0 Å². The molecular formula is C23H41NO16. The first-order valence-electron chi connectivity index (χ1n) is 12.9. The van der Waals surface area contributed by atoms with Gasteiger partial charge >= 0.3 is 0 Å². The standard InChI is InChI=1S/C23H41NO16/c1-7-13(29)16(32)17(33)23(37-7)39-19-12(24-9(3)27)21(38-11(5-26)15(19)31)40-20-14(30)8(2)36-22(18(20)34)35-6-10(28)4-25/h7-8,10-23,25-26,28-34H,4-6H2,1-3H3,(H,24,27)/t7-,8+,10?,11-,12-,13+,14+,15-,16+,17-,18-,19-,20-,21+,22-,23-/m1/s1. The quantitative estimate of drug-likeness (QED) is 0.114. The minimum atomic E-state index is -1.77. The zero-order chi connectivity index (χ0) is 29.9. The molecule has 0 aromatic carbocycles. The SMILES string of the molecule is CC(=O)N[C@H]1[C@H](O[C@@H]2[C@@H](O)[C@H](C)O[C@@H](OCC(O)CO)[C@@H]2O)O[C@H](CO)[C@@H](O)[C@@H]1O[C@H]1O[C@H](C)[C@H](O)[C@H](O)[C@H]1O. The van der Waals surface area contributed by atoms with E-state index in [4.69, 9.17) is 33.5 Å². The van der Waals surface area contributed by atoms with Gasteiger partial charge in [-0.2, -0.15) is 0 Å². The van der Waals surface area contributed by atoms with Crippen LogP contribution in [0.3, 0.4) is 0 Å². The Balaban J connectivity index is 1.86. The van der Waals surface area contributed by atoms with Gasteiger partial charge in [-0.05, 0) is 13.8 Å². The van der Waals surface area contributed by atoms with Gasteiger partial charge in [0, 0.05) is 6.92 Å². The first-order valence-corrected chi connectivity index (χ1v) is 12.9. The fraction of sp³-hybridized carbons (Fsp3) is 0.957. The molecule has 40 heavy (non-hydrogen) atoms. The van der Waals surface area contributed by atoms with Crippen molar-refractivity contribution in [2.24, 2.45) is 0 Å². The van der Waals surface area contributed by atoms with Crippen LogP contribution in [0.15, 0.2) is 0 Å². The Labute approximate surface area is 229 Å². The fourth-order valence-corrected chi connectivity index (χ4v) is 4.72. The average molecular weight is 588 g/mol. The molecule has 3 saturated heterocycles. The van der Waals surface area contributed by atoms with Gasteiger partial charge in [0.15, 0.2) is 18.9 Å². The second kappa shape index (κ2) is 14.4. The predicted molar refractivity (Wildman–Crippen MR) is 127 cm³/mol. The van der Waals surface area contributed by atoms with Crippen molar-refractivity contribution in [3.8, 4) is 0 Å². The summed E-state index contributed by atoms with van der Waals surface area (Å²) in [6.45, 7) is 2.21. The lowest BCUT2D eigenvalue weighted by Gasteiger charge is -2.49. The van der Waals surface area contributed by atoms with Crippen molar-refractivity contribution >= 4 is 5.91 Å². The molecule has 3 fully saturated rings. The lowest BCUT2D eigenvalue weighted by molar-refractivity contribution is -0.363. The number of aliphatic hydroxyl groups is 9. The third-order valence-corrected chi connectivity index (χ3v) is 7.06. The van der Waals surface area contributed by atoms with E-state index < -0.39 is 124 Å². The van der Waals surface area contributed by atoms with Gasteiger partial charge in [0.25, 0.3) is 0 Å². The van der Waals surface area contributed by atoms with Crippen molar-refractivity contribution in [1.82, 2.24) is 5.32 Å². The zero-order valence-electron chi connectivity index (χ0n) is 22.2. The molecule has 0 spiro atoms. The Kier molecular flexibility index (Phi) is 12.0. The second-order valence-electron chi connectivity index (χ2n) is 10.2. The normalized spacial score (nSPS) is 47.0. The van der Waals surface area contributed by atoms with E-state index in [0.29, 0.717) is 0 Å². The first kappa shape index (κ1) is 33.4. The molecule has 3 aliphatic rings. The molecule has 10 N–H and O–H groups in total. The Morgan fingerprint density at radius 1 is 0.775 bits per heavy atom. The van der Waals surface area contributed by atoms with Gasteiger partial charge in [-0.25, -0.2) is 0 Å². The molecule has 0 aromatic heterocycles. The highest BCUT2D eigenvalue weighted by Gasteiger charge is 2.53. The Bertz CT molecular complexity index is 809. The van der Waals surface area contributed by atoms with Gasteiger partial charge in [-0.3, -0.25) is 4.79 Å². The van der Waals surface area contributed by atoms with Crippen molar-refractivity contribution in [2.75, 3.05) is 19.8 Å². The summed E-state index contributed by atoms with van der Waals surface area (Å²) in [7, 11) is 0. The van der Waals surface area contributed by atoms with E-state index in [2.05, 4.69) is 5.32 Å². The number of hydrogen-bond donors (Lipinski definition) is 10. The lowest BCUT2D eigenvalue weighted by atomic mass is 9.94. The summed E-state index contributed by atoms with van der Waals surface area (Å²) in [5.74, 6) is -0.639. The lowest BCUT2D eigenvalue weighted by Crippen LogP contribution is -2.69. The molecule has 0 aliphatic carbocycles. The van der Waals surface area contributed by atoms with Crippen molar-refractivity contribution in [1.29, 1.82) is 0 Å². The number of aliphatic hydroxyl groups excluding tert-OH is 9. The minimum Gasteiger partial charge on any atom is -0.394 e. The zero-order valence-corrected chi connectivity index (χ0v) is 22.2. The summed E-state index contributed by atoms with van der Waals surface area (Å²) in [5, 5.41) is 94.0. The molecule has 1 unspecified atom stereocenters. The number of amides is 1. The Hall–Kier alpha value is -1.13. The summed E-state index contributed by atoms with van der Waals surface area (Å²) in [5.41, 5.74) is 0. The minimum absolute atomic E-state index is 0.417. The van der Waals surface area contributed by atoms with Crippen LogP contribution in [0.4, 0.5) is 0 Å². The van der Waals surface area contributed by atoms with Crippen molar-refractivity contribution in [3.63, 3.8) is 0 Å². The summed E-state index contributed by atoms with van der Waals surface area (Å²) >= 11 is 0. The molecule has 17 heteroatoms. The molecule has 0 saturated carbocycles. The molecule has 0 bridgehead atoms. The summed E-state index contributed by atoms with van der Waals surface area (Å²) < 4.78 is 33.5. The molecule has 1 amide bonds. The molecule has 17 nitrogen and oxygen atoms in total.